The molecule has 2 aliphatic rings. The van der Waals surface area contributed by atoms with Crippen LogP contribution in [0.3, 0.4) is 0 Å². The molecule has 20 heavy (non-hydrogen) atoms. The average molecular weight is 292 g/mol. The Bertz CT molecular complexity index is 511. The Morgan fingerprint density at radius 3 is 2.85 bits per heavy atom. The molecule has 3 rings (SSSR count). The Kier molecular flexibility index (Phi) is 3.22. The quantitative estimate of drug-likeness (QED) is 0.910. The van der Waals surface area contributed by atoms with E-state index in [1.807, 2.05) is 17.5 Å². The lowest BCUT2D eigenvalue weighted by Gasteiger charge is -2.39. The van der Waals surface area contributed by atoms with Gasteiger partial charge in [-0.15, -0.1) is 11.3 Å². The lowest BCUT2D eigenvalue weighted by molar-refractivity contribution is -0.133. The second-order valence-corrected chi connectivity index (χ2v) is 8.65. The first-order valence-electron chi connectivity index (χ1n) is 7.39. The first-order chi connectivity index (χ1) is 9.30. The van der Waals surface area contributed by atoms with Gasteiger partial charge in [0, 0.05) is 17.5 Å². The number of nitrogens with zero attached hydrogens (tertiary/aromatic N) is 1. The number of nitrogens with two attached hydrogens (primary N) is 1. The molecule has 3 unspecified atom stereocenters. The number of fused-ring (bicyclic) bond motifs is 2. The maximum absolute atomic E-state index is 12.7. The van der Waals surface area contributed by atoms with Gasteiger partial charge >= 0.3 is 0 Å². The van der Waals surface area contributed by atoms with E-state index in [1.54, 1.807) is 11.3 Å². The number of carbonyl (C=O) groups is 1. The molecule has 4 heteroatoms. The van der Waals surface area contributed by atoms with Gasteiger partial charge in [-0.1, -0.05) is 26.8 Å². The van der Waals surface area contributed by atoms with E-state index >= 15 is 0 Å². The average Bonchev–Trinajstić information content (AvgIpc) is 2.92. The highest BCUT2D eigenvalue weighted by Gasteiger charge is 2.51. The molecule has 2 N–H and O–H groups in total. The number of hydrogen-bond donors (Lipinski definition) is 1. The van der Waals surface area contributed by atoms with Crippen molar-refractivity contribution in [1.29, 1.82) is 0 Å². The predicted molar refractivity (Wildman–Crippen MR) is 82.5 cm³/mol. The highest BCUT2D eigenvalue weighted by atomic mass is 32.1. The zero-order chi connectivity index (χ0) is 14.5. The van der Waals surface area contributed by atoms with Crippen LogP contribution >= 0.6 is 11.3 Å². The zero-order valence-electron chi connectivity index (χ0n) is 12.6. The van der Waals surface area contributed by atoms with E-state index in [1.165, 1.54) is 6.42 Å². The van der Waals surface area contributed by atoms with Crippen molar-refractivity contribution >= 4 is 17.2 Å². The highest BCUT2D eigenvalue weighted by Crippen LogP contribution is 2.52. The molecule has 1 saturated carbocycles. The fraction of sp³-hybridized carbons (Fsp3) is 0.688. The number of likely N-dealkylation sites (tertiary alicyclic amines) is 1. The Labute approximate surface area is 125 Å². The molecule has 1 amide bonds. The molecule has 2 heterocycles. The Hall–Kier alpha value is -0.870. The Morgan fingerprint density at radius 2 is 2.20 bits per heavy atom. The second-order valence-electron chi connectivity index (χ2n) is 7.67. The van der Waals surface area contributed by atoms with Crippen molar-refractivity contribution in [2.45, 2.75) is 52.1 Å². The first kappa shape index (κ1) is 14.1. The van der Waals surface area contributed by atoms with E-state index < -0.39 is 6.04 Å². The van der Waals surface area contributed by atoms with Gasteiger partial charge in [0.2, 0.25) is 5.91 Å². The van der Waals surface area contributed by atoms with Crippen LogP contribution in [-0.4, -0.2) is 23.4 Å². The Morgan fingerprint density at radius 1 is 1.45 bits per heavy atom. The molecule has 1 aromatic rings. The van der Waals surface area contributed by atoms with Gasteiger partial charge < -0.3 is 10.6 Å². The van der Waals surface area contributed by atoms with Crippen LogP contribution < -0.4 is 5.73 Å². The van der Waals surface area contributed by atoms with Crippen molar-refractivity contribution in [3.63, 3.8) is 0 Å². The summed E-state index contributed by atoms with van der Waals surface area (Å²) in [4.78, 5) is 15.8. The molecule has 0 spiro atoms. The van der Waals surface area contributed by atoms with E-state index in [-0.39, 0.29) is 11.3 Å². The van der Waals surface area contributed by atoms with E-state index in [9.17, 15) is 4.79 Å². The van der Waals surface area contributed by atoms with E-state index in [4.69, 9.17) is 5.73 Å². The summed E-state index contributed by atoms with van der Waals surface area (Å²) < 4.78 is 0. The van der Waals surface area contributed by atoms with Crippen molar-refractivity contribution in [3.05, 3.63) is 22.4 Å². The maximum atomic E-state index is 12.7. The zero-order valence-corrected chi connectivity index (χ0v) is 13.4. The third-order valence-electron chi connectivity index (χ3n) is 4.81. The summed E-state index contributed by atoms with van der Waals surface area (Å²) in [6, 6.07) is 3.81. The van der Waals surface area contributed by atoms with Crippen LogP contribution in [0.2, 0.25) is 0 Å². The van der Waals surface area contributed by atoms with Crippen molar-refractivity contribution in [3.8, 4) is 0 Å². The van der Waals surface area contributed by atoms with Crippen molar-refractivity contribution < 1.29 is 4.79 Å². The topological polar surface area (TPSA) is 46.3 Å². The lowest BCUT2D eigenvalue weighted by atomic mass is 9.65. The fourth-order valence-electron chi connectivity index (χ4n) is 4.49. The van der Waals surface area contributed by atoms with Crippen LogP contribution in [-0.2, 0) is 4.79 Å². The standard InChI is InChI=1S/C16H24N2OS/c1-15(2)7-11-8-16(3,9-15)10-18(11)14(19)13(17)12-5-4-6-20-12/h4-6,11,13H,7-10,17H2,1-3H3. The van der Waals surface area contributed by atoms with Gasteiger partial charge in [-0.2, -0.15) is 0 Å². The third-order valence-corrected chi connectivity index (χ3v) is 5.77. The summed E-state index contributed by atoms with van der Waals surface area (Å²) in [5.74, 6) is 0.110. The van der Waals surface area contributed by atoms with Crippen LogP contribution in [0, 0.1) is 10.8 Å². The molecule has 3 nitrogen and oxygen atoms in total. The molecule has 2 bridgehead atoms. The first-order valence-corrected chi connectivity index (χ1v) is 8.27. The minimum atomic E-state index is -0.485. The molecule has 1 aromatic heterocycles. The Balaban J connectivity index is 1.80. The van der Waals surface area contributed by atoms with E-state index in [0.717, 1.165) is 24.3 Å². The maximum Gasteiger partial charge on any atom is 0.245 e. The number of amides is 1. The highest BCUT2D eigenvalue weighted by molar-refractivity contribution is 7.10. The number of thiophene rings is 1. The molecule has 1 saturated heterocycles. The van der Waals surface area contributed by atoms with Crippen LogP contribution in [0.25, 0.3) is 0 Å². The molecule has 0 radical (unpaired) electrons. The third kappa shape index (κ3) is 2.40. The van der Waals surface area contributed by atoms with Crippen LogP contribution in [0.4, 0.5) is 0 Å². The van der Waals surface area contributed by atoms with Gasteiger partial charge in [-0.25, -0.2) is 0 Å². The molecule has 110 valence electrons. The molecular weight excluding hydrogens is 268 g/mol. The van der Waals surface area contributed by atoms with Gasteiger partial charge in [0.1, 0.15) is 6.04 Å². The van der Waals surface area contributed by atoms with Crippen molar-refractivity contribution in [2.24, 2.45) is 16.6 Å². The predicted octanol–water partition coefficient (Wildman–Crippen LogP) is 3.18. The van der Waals surface area contributed by atoms with E-state index in [2.05, 4.69) is 25.7 Å². The molecule has 1 aliphatic carbocycles. The van der Waals surface area contributed by atoms with Gasteiger partial charge in [0.15, 0.2) is 0 Å². The smallest absolute Gasteiger partial charge is 0.245 e. The summed E-state index contributed by atoms with van der Waals surface area (Å²) in [6.45, 7) is 7.85. The van der Waals surface area contributed by atoms with Gasteiger partial charge in [-0.3, -0.25) is 4.79 Å². The summed E-state index contributed by atoms with van der Waals surface area (Å²) in [5, 5.41) is 1.98. The number of rotatable bonds is 2. The van der Waals surface area contributed by atoms with Crippen molar-refractivity contribution in [1.82, 2.24) is 4.90 Å². The monoisotopic (exact) mass is 292 g/mol. The largest absolute Gasteiger partial charge is 0.337 e. The van der Waals surface area contributed by atoms with Crippen LogP contribution in [0.15, 0.2) is 17.5 Å². The minimum absolute atomic E-state index is 0.110. The normalized spacial score (nSPS) is 33.2. The van der Waals surface area contributed by atoms with Gasteiger partial charge in [0.05, 0.1) is 0 Å². The van der Waals surface area contributed by atoms with Crippen LogP contribution in [0.1, 0.15) is 51.0 Å². The second kappa shape index (κ2) is 4.57. The lowest BCUT2D eigenvalue weighted by Crippen LogP contribution is -2.42. The van der Waals surface area contributed by atoms with Gasteiger partial charge in [-0.05, 0) is 41.5 Å². The summed E-state index contributed by atoms with van der Waals surface area (Å²) in [6.07, 6.45) is 3.44. The minimum Gasteiger partial charge on any atom is -0.337 e. The molecule has 3 atom stereocenters. The summed E-state index contributed by atoms with van der Waals surface area (Å²) >= 11 is 1.57. The molecule has 1 aliphatic heterocycles. The van der Waals surface area contributed by atoms with Crippen LogP contribution in [0.5, 0.6) is 0 Å². The molecular formula is C16H24N2OS. The van der Waals surface area contributed by atoms with E-state index in [0.29, 0.717) is 11.5 Å². The van der Waals surface area contributed by atoms with Gasteiger partial charge in [0.25, 0.3) is 0 Å². The summed E-state index contributed by atoms with van der Waals surface area (Å²) in [7, 11) is 0. The fourth-order valence-corrected chi connectivity index (χ4v) is 5.21. The molecule has 0 aromatic carbocycles. The number of hydrogen-bond acceptors (Lipinski definition) is 3. The summed E-state index contributed by atoms with van der Waals surface area (Å²) in [5.41, 5.74) is 6.78. The number of carbonyl (C=O) groups excluding carboxylic acids is 1. The molecule has 2 fully saturated rings. The SMILES string of the molecule is CC1(C)CC2CC(C)(CN2C(=O)C(N)c2cccs2)C1. The van der Waals surface area contributed by atoms with Crippen molar-refractivity contribution in [2.75, 3.05) is 6.54 Å².